The van der Waals surface area contributed by atoms with Gasteiger partial charge in [-0.2, -0.15) is 0 Å². The van der Waals surface area contributed by atoms with Crippen molar-refractivity contribution in [2.45, 2.75) is 131 Å². The maximum Gasteiger partial charge on any atom is 0.252 e. The van der Waals surface area contributed by atoms with Gasteiger partial charge < -0.3 is 18.9 Å². The minimum atomic E-state index is -0.396. The second kappa shape index (κ2) is 27.5. The molecule has 0 bridgehead atoms. The molecule has 0 saturated carbocycles. The van der Waals surface area contributed by atoms with Crippen molar-refractivity contribution < 1.29 is 0 Å². The predicted molar refractivity (Wildman–Crippen MR) is 530 cm³/mol. The lowest BCUT2D eigenvalue weighted by molar-refractivity contribution is 0.590. The smallest absolute Gasteiger partial charge is 0.252 e. The van der Waals surface area contributed by atoms with Gasteiger partial charge >= 0.3 is 0 Å². The van der Waals surface area contributed by atoms with E-state index in [1.54, 1.807) is 0 Å². The molecule has 0 aliphatic carbocycles. The van der Waals surface area contributed by atoms with Crippen LogP contribution in [0.2, 0.25) is 0 Å². The van der Waals surface area contributed by atoms with E-state index >= 15 is 0 Å². The average Bonchev–Trinajstić information content (AvgIpc) is 1.65. The summed E-state index contributed by atoms with van der Waals surface area (Å²) in [5, 5.41) is 12.8. The number of rotatable bonds is 10. The largest absolute Gasteiger partial charge is 0.310 e. The molecule has 2 aromatic heterocycles. The zero-order valence-corrected chi connectivity index (χ0v) is 73.2. The van der Waals surface area contributed by atoms with Gasteiger partial charge in [-0.25, -0.2) is 0 Å². The Morgan fingerprint density at radius 3 is 1.02 bits per heavy atom. The van der Waals surface area contributed by atoms with Gasteiger partial charge in [0.15, 0.2) is 0 Å². The Kier molecular flexibility index (Phi) is 16.9. The number of nitrogens with zero attached hydrogens (tertiary/aromatic N) is 4. The lowest BCUT2D eigenvalue weighted by Crippen LogP contribution is -2.61. The quantitative estimate of drug-likeness (QED) is 0.0771. The SMILES string of the molecule is CC(C)(C)c1ccc(-c2cc(-c3ccccc3)cc(-c3cccc(C(C)(C)C)c3)c2N2c3cc(-n4c5ccccc5c5ccccc54)ccc3B3c4ccc(-n5c6ccc7cccc8c9cccc%10ccc5c(c%109)c6c78)cc4N(c4c(-c5ccccc5)cc(-c5cccc(C(C)(C)C)c5)cc4-c4ccc(C(C)(C)C)cc4)c4cc(C(C)(C)C)cc2c43)cc1. The first-order valence-electron chi connectivity index (χ1n) is 44.1. The van der Waals surface area contributed by atoms with Crippen LogP contribution in [0, 0.1) is 0 Å². The molecule has 5 heteroatoms. The third-order valence-electron chi connectivity index (χ3n) is 27.2. The number of fused-ring (bicyclic) bond motifs is 8. The zero-order chi connectivity index (χ0) is 84.2. The summed E-state index contributed by atoms with van der Waals surface area (Å²) >= 11 is 0. The van der Waals surface area contributed by atoms with Crippen LogP contribution in [0.3, 0.4) is 0 Å². The minimum absolute atomic E-state index is 0.0894. The molecule has 0 fully saturated rings. The second-order valence-corrected chi connectivity index (χ2v) is 40.1. The average molecular weight is 1590 g/mol. The van der Waals surface area contributed by atoms with Crippen LogP contribution in [0.4, 0.5) is 34.1 Å². The summed E-state index contributed by atoms with van der Waals surface area (Å²) in [5.41, 5.74) is 36.6. The molecule has 0 radical (unpaired) electrons. The van der Waals surface area contributed by atoms with Crippen LogP contribution in [0.15, 0.2) is 340 Å². The van der Waals surface area contributed by atoms with Crippen LogP contribution < -0.4 is 26.2 Å². The molecule has 596 valence electrons. The van der Waals surface area contributed by atoms with Gasteiger partial charge in [0.2, 0.25) is 0 Å². The monoisotopic (exact) mass is 1580 g/mol. The zero-order valence-electron chi connectivity index (χ0n) is 73.2. The topological polar surface area (TPSA) is 16.3 Å². The van der Waals surface area contributed by atoms with Crippen LogP contribution in [0.5, 0.6) is 0 Å². The highest BCUT2D eigenvalue weighted by Crippen LogP contribution is 2.58. The fraction of sp³-hybridized carbons (Fsp3) is 0.169. The van der Waals surface area contributed by atoms with Crippen LogP contribution in [-0.2, 0) is 27.1 Å². The molecule has 0 saturated heterocycles. The van der Waals surface area contributed by atoms with E-state index in [1.165, 1.54) is 115 Å². The van der Waals surface area contributed by atoms with Crippen LogP contribution in [0.25, 0.3) is 154 Å². The number of hydrogen-bond donors (Lipinski definition) is 0. The van der Waals surface area contributed by atoms with E-state index in [4.69, 9.17) is 0 Å². The Morgan fingerprint density at radius 2 is 0.569 bits per heavy atom. The van der Waals surface area contributed by atoms with Gasteiger partial charge in [-0.05, 0) is 233 Å². The van der Waals surface area contributed by atoms with Crippen LogP contribution in [0.1, 0.15) is 132 Å². The highest BCUT2D eigenvalue weighted by atomic mass is 15.2. The first-order valence-corrected chi connectivity index (χ1v) is 44.1. The lowest BCUT2D eigenvalue weighted by atomic mass is 9.33. The lowest BCUT2D eigenvalue weighted by Gasteiger charge is -2.46. The molecule has 0 unspecified atom stereocenters. The summed E-state index contributed by atoms with van der Waals surface area (Å²) in [6, 6.07) is 132. The first-order chi connectivity index (χ1) is 59.2. The maximum atomic E-state index is 2.79. The van der Waals surface area contributed by atoms with Crippen molar-refractivity contribution >= 4 is 133 Å². The number of para-hydroxylation sites is 2. The van der Waals surface area contributed by atoms with E-state index in [1.807, 2.05) is 0 Å². The molecule has 0 amide bonds. The van der Waals surface area contributed by atoms with E-state index in [0.717, 1.165) is 118 Å². The third kappa shape index (κ3) is 12.1. The molecule has 20 aromatic rings. The van der Waals surface area contributed by atoms with Gasteiger partial charge in [-0.1, -0.05) is 359 Å². The molecule has 0 atom stereocenters. The van der Waals surface area contributed by atoms with E-state index in [9.17, 15) is 0 Å². The highest BCUT2D eigenvalue weighted by Gasteiger charge is 2.47. The fourth-order valence-corrected chi connectivity index (χ4v) is 20.7. The van der Waals surface area contributed by atoms with Crippen molar-refractivity contribution in [3.05, 3.63) is 368 Å². The summed E-state index contributed by atoms with van der Waals surface area (Å²) in [7, 11) is 0. The number of hydrogen-bond acceptors (Lipinski definition) is 2. The Labute approximate surface area is 723 Å². The number of aromatic nitrogens is 2. The van der Waals surface area contributed by atoms with E-state index in [2.05, 4.69) is 463 Å². The number of benzene rings is 18. The normalized spacial score (nSPS) is 13.3. The van der Waals surface area contributed by atoms with Crippen molar-refractivity contribution in [3.8, 4) is 78.1 Å². The third-order valence-corrected chi connectivity index (χ3v) is 27.2. The predicted octanol–water partition coefficient (Wildman–Crippen LogP) is 30.8. The Hall–Kier alpha value is -13.5. The van der Waals surface area contributed by atoms with E-state index in [0.29, 0.717) is 0 Å². The molecule has 0 N–H and O–H groups in total. The molecule has 18 aromatic carbocycles. The molecule has 4 nitrogen and oxygen atoms in total. The van der Waals surface area contributed by atoms with Gasteiger partial charge in [0.25, 0.3) is 6.71 Å². The Balaban J connectivity index is 0.929. The molecule has 123 heavy (non-hydrogen) atoms. The van der Waals surface area contributed by atoms with Gasteiger partial charge in [-0.15, -0.1) is 0 Å². The summed E-state index contributed by atoms with van der Waals surface area (Å²) in [6.07, 6.45) is 0. The summed E-state index contributed by atoms with van der Waals surface area (Å²) in [4.78, 5) is 5.57. The summed E-state index contributed by atoms with van der Waals surface area (Å²) < 4.78 is 5.14. The van der Waals surface area contributed by atoms with Crippen molar-refractivity contribution in [3.63, 3.8) is 0 Å². The van der Waals surface area contributed by atoms with Crippen molar-refractivity contribution in [1.29, 1.82) is 0 Å². The molecule has 0 spiro atoms. The molecular formula is C118H101BN4. The van der Waals surface area contributed by atoms with E-state index in [-0.39, 0.29) is 28.4 Å². The molecular weight excluding hydrogens is 1480 g/mol. The molecule has 4 heterocycles. The summed E-state index contributed by atoms with van der Waals surface area (Å²) in [5.74, 6) is 0. The van der Waals surface area contributed by atoms with Crippen molar-refractivity contribution in [2.75, 3.05) is 9.80 Å². The van der Waals surface area contributed by atoms with Gasteiger partial charge in [0.1, 0.15) is 0 Å². The molecule has 2 aliphatic rings. The van der Waals surface area contributed by atoms with Crippen molar-refractivity contribution in [1.82, 2.24) is 9.13 Å². The number of anilines is 6. The van der Waals surface area contributed by atoms with Gasteiger partial charge in [-0.3, -0.25) is 0 Å². The second-order valence-electron chi connectivity index (χ2n) is 40.1. The minimum Gasteiger partial charge on any atom is -0.310 e. The Morgan fingerprint density at radius 1 is 0.211 bits per heavy atom. The highest BCUT2D eigenvalue weighted by molar-refractivity contribution is 7.00. The molecule has 2 aliphatic heterocycles. The molecule has 22 rings (SSSR count). The van der Waals surface area contributed by atoms with E-state index < -0.39 is 5.41 Å². The van der Waals surface area contributed by atoms with Crippen LogP contribution in [-0.4, -0.2) is 15.8 Å². The Bertz CT molecular complexity index is 7510. The fourth-order valence-electron chi connectivity index (χ4n) is 20.7. The van der Waals surface area contributed by atoms with Gasteiger partial charge in [0.05, 0.1) is 33.4 Å². The first kappa shape index (κ1) is 75.7. The van der Waals surface area contributed by atoms with Crippen molar-refractivity contribution in [2.24, 2.45) is 0 Å². The summed E-state index contributed by atoms with van der Waals surface area (Å²) in [6.45, 7) is 35.0. The van der Waals surface area contributed by atoms with Gasteiger partial charge in [0, 0.05) is 77.9 Å². The maximum absolute atomic E-state index is 2.79. The van der Waals surface area contributed by atoms with Crippen LogP contribution >= 0.6 is 0 Å². The standard InChI is InChI=1S/C118H101BN4/c1-114(2,3)82-52-46-74(47-53-82)94-64-80(72-30-18-16-19-31-72)65-96(79-37-27-39-85(63-79)117(10,11)12)113(94)123-103-70-87(120-99-44-24-22-40-89(99)90-41-23-25-45-100(90)120)56-58-97(103)119-98-59-57-88(121-101-60-50-76-34-28-42-91-92-43-29-35-77-51-61-102(121)110(108(77)92)109(101)107(76)91)71-104(98)122(105-68-86(118(13,14)15)69-106(123)111(105)119)112-93(73-32-20-17-21-33-73)66-81(78-36-26-38-84(62-78)116(7,8)9)67-95(112)75-48-54-83(55-49-75)115(4,5)6/h16-71H,1-15H3.